The number of para-hydroxylation sites is 1. The van der Waals surface area contributed by atoms with Crippen molar-refractivity contribution in [2.75, 3.05) is 18.4 Å². The maximum Gasteiger partial charge on any atom is 0.289 e. The molecule has 31 heavy (non-hydrogen) atoms. The van der Waals surface area contributed by atoms with Crippen LogP contribution in [0.1, 0.15) is 23.5 Å². The lowest BCUT2D eigenvalue weighted by atomic mass is 10.1. The van der Waals surface area contributed by atoms with Gasteiger partial charge in [-0.2, -0.15) is 0 Å². The van der Waals surface area contributed by atoms with Crippen LogP contribution in [0, 0.1) is 0 Å². The molecule has 0 atom stereocenters. The average Bonchev–Trinajstić information content (AvgIpc) is 3.39. The van der Waals surface area contributed by atoms with Gasteiger partial charge in [0, 0.05) is 25.5 Å². The lowest BCUT2D eigenvalue weighted by molar-refractivity contribution is 0.0781. The second kappa shape index (κ2) is 7.59. The molecular formula is C22H19Cl2N5O2. The number of rotatable bonds is 3. The molecular weight excluding hydrogens is 437 g/mol. The van der Waals surface area contributed by atoms with Gasteiger partial charge < -0.3 is 19.8 Å². The van der Waals surface area contributed by atoms with Gasteiger partial charge in [-0.15, -0.1) is 0 Å². The Hall–Kier alpha value is -3.03. The van der Waals surface area contributed by atoms with Crippen molar-refractivity contribution in [1.82, 2.24) is 19.4 Å². The van der Waals surface area contributed by atoms with E-state index in [1.54, 1.807) is 29.2 Å². The third-order valence-corrected chi connectivity index (χ3v) is 6.31. The van der Waals surface area contributed by atoms with E-state index in [4.69, 9.17) is 23.2 Å². The molecule has 0 spiro atoms. The number of carbonyl (C=O) groups excluding carboxylic acids is 1. The minimum absolute atomic E-state index is 0.0779. The van der Waals surface area contributed by atoms with Crippen molar-refractivity contribution >= 4 is 62.4 Å². The van der Waals surface area contributed by atoms with E-state index in [1.165, 1.54) is 0 Å². The van der Waals surface area contributed by atoms with E-state index in [1.807, 2.05) is 23.7 Å². The third kappa shape index (κ3) is 3.34. The van der Waals surface area contributed by atoms with E-state index in [-0.39, 0.29) is 17.3 Å². The van der Waals surface area contributed by atoms with Crippen LogP contribution >= 0.6 is 23.2 Å². The lowest BCUT2D eigenvalue weighted by Crippen LogP contribution is -2.31. The molecule has 7 nitrogen and oxygen atoms in total. The standard InChI is InChI=1S/C22H19Cl2N5O2/c1-28-16(26-18-13(23)5-4-6-14(18)24)11-12-7-8-15-17(19(12)28)21(30)27-20(25-15)22(31)29-9-2-3-10-29/h4-8,11,26H,2-3,9-10H2,1H3,(H,25,27,30). The van der Waals surface area contributed by atoms with Crippen molar-refractivity contribution in [2.24, 2.45) is 7.05 Å². The highest BCUT2D eigenvalue weighted by atomic mass is 35.5. The van der Waals surface area contributed by atoms with Gasteiger partial charge in [0.25, 0.3) is 11.5 Å². The van der Waals surface area contributed by atoms with Gasteiger partial charge in [0.2, 0.25) is 0 Å². The Bertz CT molecular complexity index is 1380. The molecule has 1 aliphatic rings. The number of likely N-dealkylation sites (tertiary alicyclic amines) is 1. The first-order chi connectivity index (χ1) is 14.9. The van der Waals surface area contributed by atoms with E-state index in [2.05, 4.69) is 15.3 Å². The molecule has 0 aliphatic carbocycles. The first kappa shape index (κ1) is 19.9. The summed E-state index contributed by atoms with van der Waals surface area (Å²) in [6.07, 6.45) is 1.94. The number of fused-ring (bicyclic) bond motifs is 3. The van der Waals surface area contributed by atoms with Crippen molar-refractivity contribution in [3.8, 4) is 0 Å². The topological polar surface area (TPSA) is 83.0 Å². The molecule has 0 unspecified atom stereocenters. The first-order valence-electron chi connectivity index (χ1n) is 9.97. The number of hydrogen-bond donors (Lipinski definition) is 2. The number of nitrogens with zero attached hydrogens (tertiary/aromatic N) is 3. The van der Waals surface area contributed by atoms with Gasteiger partial charge in [0.1, 0.15) is 5.82 Å². The quantitative estimate of drug-likeness (QED) is 0.468. The third-order valence-electron chi connectivity index (χ3n) is 5.68. The van der Waals surface area contributed by atoms with Gasteiger partial charge in [-0.25, -0.2) is 4.98 Å². The Kier molecular flexibility index (Phi) is 4.87. The minimum Gasteiger partial charge on any atom is -0.339 e. The molecule has 1 saturated heterocycles. The summed E-state index contributed by atoms with van der Waals surface area (Å²) < 4.78 is 1.86. The van der Waals surface area contributed by atoms with Gasteiger partial charge in [0.05, 0.1) is 32.2 Å². The highest BCUT2D eigenvalue weighted by Gasteiger charge is 2.23. The number of amides is 1. The maximum absolute atomic E-state index is 13.0. The Morgan fingerprint density at radius 3 is 2.55 bits per heavy atom. The van der Waals surface area contributed by atoms with Crippen LogP contribution in [0.3, 0.4) is 0 Å². The van der Waals surface area contributed by atoms with Crippen molar-refractivity contribution in [2.45, 2.75) is 12.8 Å². The van der Waals surface area contributed by atoms with E-state index in [0.29, 0.717) is 51.1 Å². The highest BCUT2D eigenvalue weighted by Crippen LogP contribution is 2.35. The van der Waals surface area contributed by atoms with Crippen molar-refractivity contribution in [1.29, 1.82) is 0 Å². The Morgan fingerprint density at radius 2 is 1.84 bits per heavy atom. The van der Waals surface area contributed by atoms with Crippen LogP contribution in [0.4, 0.5) is 11.5 Å². The molecule has 0 saturated carbocycles. The monoisotopic (exact) mass is 455 g/mol. The fourth-order valence-corrected chi connectivity index (χ4v) is 4.60. The summed E-state index contributed by atoms with van der Waals surface area (Å²) in [5.74, 6) is 0.558. The van der Waals surface area contributed by atoms with Gasteiger partial charge in [0.15, 0.2) is 5.82 Å². The SMILES string of the molecule is Cn1c(Nc2c(Cl)cccc2Cl)cc2ccc3nc(C(=O)N4CCCC4)[nH]c(=O)c3c21. The summed E-state index contributed by atoms with van der Waals surface area (Å²) in [4.78, 5) is 34.6. The van der Waals surface area contributed by atoms with E-state index in [9.17, 15) is 9.59 Å². The van der Waals surface area contributed by atoms with Crippen molar-refractivity contribution in [3.05, 3.63) is 62.6 Å². The number of aryl methyl sites for hydroxylation is 1. The van der Waals surface area contributed by atoms with Gasteiger partial charge in [-0.3, -0.25) is 9.59 Å². The van der Waals surface area contributed by atoms with Crippen molar-refractivity contribution in [3.63, 3.8) is 0 Å². The molecule has 158 valence electrons. The van der Waals surface area contributed by atoms with Crippen LogP contribution in [0.2, 0.25) is 10.0 Å². The molecule has 9 heteroatoms. The molecule has 5 rings (SSSR count). The summed E-state index contributed by atoms with van der Waals surface area (Å²) in [6.45, 7) is 1.38. The predicted octanol–water partition coefficient (Wildman–Crippen LogP) is 4.70. The van der Waals surface area contributed by atoms with Crippen LogP contribution < -0.4 is 10.9 Å². The Morgan fingerprint density at radius 1 is 1.13 bits per heavy atom. The molecule has 1 aliphatic heterocycles. The van der Waals surface area contributed by atoms with Crippen LogP contribution in [0.25, 0.3) is 21.8 Å². The zero-order valence-corrected chi connectivity index (χ0v) is 18.2. The molecule has 1 fully saturated rings. The Labute approximate surface area is 187 Å². The smallest absolute Gasteiger partial charge is 0.289 e. The van der Waals surface area contributed by atoms with Gasteiger partial charge in [-0.1, -0.05) is 35.3 Å². The fraction of sp³-hybridized carbons (Fsp3) is 0.227. The summed E-state index contributed by atoms with van der Waals surface area (Å²) in [5, 5.41) is 5.52. The summed E-state index contributed by atoms with van der Waals surface area (Å²) >= 11 is 12.6. The lowest BCUT2D eigenvalue weighted by Gasteiger charge is -2.14. The first-order valence-corrected chi connectivity index (χ1v) is 10.7. The average molecular weight is 456 g/mol. The largest absolute Gasteiger partial charge is 0.339 e. The molecule has 1 amide bonds. The summed E-state index contributed by atoms with van der Waals surface area (Å²) in [6, 6.07) is 10.8. The van der Waals surface area contributed by atoms with Crippen LogP contribution in [-0.4, -0.2) is 38.4 Å². The fourth-order valence-electron chi connectivity index (χ4n) is 4.11. The summed E-state index contributed by atoms with van der Waals surface area (Å²) in [7, 11) is 1.84. The molecule has 0 bridgehead atoms. The number of aromatic amines is 1. The second-order valence-corrected chi connectivity index (χ2v) is 8.44. The molecule has 3 heterocycles. The number of nitrogens with one attached hydrogen (secondary N) is 2. The summed E-state index contributed by atoms with van der Waals surface area (Å²) in [5.41, 5.74) is 1.42. The number of carbonyl (C=O) groups is 1. The minimum atomic E-state index is -0.346. The number of aromatic nitrogens is 3. The molecule has 2 aromatic heterocycles. The van der Waals surface area contributed by atoms with E-state index in [0.717, 1.165) is 18.2 Å². The van der Waals surface area contributed by atoms with Gasteiger partial charge in [-0.05, 0) is 37.1 Å². The number of benzene rings is 2. The highest BCUT2D eigenvalue weighted by molar-refractivity contribution is 6.39. The normalized spacial score (nSPS) is 14.0. The zero-order valence-electron chi connectivity index (χ0n) is 16.7. The van der Waals surface area contributed by atoms with Crippen LogP contribution in [0.15, 0.2) is 41.2 Å². The number of halogens is 2. The molecule has 4 aromatic rings. The van der Waals surface area contributed by atoms with E-state index < -0.39 is 0 Å². The molecule has 2 aromatic carbocycles. The van der Waals surface area contributed by atoms with E-state index >= 15 is 0 Å². The van der Waals surface area contributed by atoms with Crippen LogP contribution in [-0.2, 0) is 7.05 Å². The second-order valence-electron chi connectivity index (χ2n) is 7.62. The van der Waals surface area contributed by atoms with Crippen molar-refractivity contribution < 1.29 is 4.79 Å². The zero-order chi connectivity index (χ0) is 21.7. The Balaban J connectivity index is 1.63. The van der Waals surface area contributed by atoms with Crippen LogP contribution in [0.5, 0.6) is 0 Å². The van der Waals surface area contributed by atoms with Gasteiger partial charge >= 0.3 is 0 Å². The maximum atomic E-state index is 13.0. The number of H-pyrrole nitrogens is 1. The number of anilines is 2. The predicted molar refractivity (Wildman–Crippen MR) is 124 cm³/mol. The number of hydrogen-bond acceptors (Lipinski definition) is 4. The molecule has 2 N–H and O–H groups in total. The molecule has 0 radical (unpaired) electrons.